The maximum atomic E-state index is 11.9. The van der Waals surface area contributed by atoms with Crippen LogP contribution in [-0.4, -0.2) is 52.3 Å². The van der Waals surface area contributed by atoms with Crippen molar-refractivity contribution in [2.24, 2.45) is 0 Å². The first-order valence-electron chi connectivity index (χ1n) is 12.7. The molecular weight excluding hydrogens is 527 g/mol. The van der Waals surface area contributed by atoms with Gasteiger partial charge in [-0.15, -0.1) is 11.3 Å². The topological polar surface area (TPSA) is 92.0 Å². The van der Waals surface area contributed by atoms with Crippen LogP contribution in [0.1, 0.15) is 16.2 Å². The molecule has 0 amide bonds. The zero-order valence-corrected chi connectivity index (χ0v) is 24.6. The monoisotopic (exact) mass is 557 g/mol. The van der Waals surface area contributed by atoms with E-state index in [2.05, 4.69) is 41.7 Å². The van der Waals surface area contributed by atoms with Crippen LogP contribution in [0.5, 0.6) is 0 Å². The van der Waals surface area contributed by atoms with Gasteiger partial charge in [-0.05, 0) is 43.3 Å². The number of methoxy groups -OCH3 is 1. The predicted molar refractivity (Wildman–Crippen MR) is 157 cm³/mol. The summed E-state index contributed by atoms with van der Waals surface area (Å²) < 4.78 is 13.0. The van der Waals surface area contributed by atoms with E-state index in [1.807, 2.05) is 48.1 Å². The van der Waals surface area contributed by atoms with E-state index >= 15 is 0 Å². The highest BCUT2D eigenvalue weighted by Crippen LogP contribution is 2.34. The molecule has 39 heavy (non-hydrogen) atoms. The van der Waals surface area contributed by atoms with Crippen LogP contribution in [0, 0.1) is 6.92 Å². The number of benzene rings is 1. The molecule has 0 bridgehead atoms. The van der Waals surface area contributed by atoms with Crippen molar-refractivity contribution in [1.82, 2.24) is 24.5 Å². The van der Waals surface area contributed by atoms with Crippen LogP contribution >= 0.6 is 11.3 Å². The lowest BCUT2D eigenvalue weighted by Crippen LogP contribution is -2.22. The second-order valence-electron chi connectivity index (χ2n) is 10.6. The standard InChI is InChI=1S/C29H31N5O3SSi/c1-19-7-6-8-24(32-19)26-27(34(17-31-26)18-37-11-12-39(3,4)5)20-9-10-23-21(13-20)14-22(15-30-23)28-33-25(16-38-28)29(35)36-2/h6-10,13-17H,11-12,18H2,1-5H3. The minimum absolute atomic E-state index is 0.291. The van der Waals surface area contributed by atoms with Gasteiger partial charge < -0.3 is 14.0 Å². The van der Waals surface area contributed by atoms with Gasteiger partial charge in [0.25, 0.3) is 0 Å². The minimum Gasteiger partial charge on any atom is -0.464 e. The van der Waals surface area contributed by atoms with Crippen molar-refractivity contribution in [3.05, 3.63) is 71.8 Å². The lowest BCUT2D eigenvalue weighted by molar-refractivity contribution is 0.0595. The van der Waals surface area contributed by atoms with Gasteiger partial charge in [-0.3, -0.25) is 9.97 Å². The zero-order chi connectivity index (χ0) is 27.6. The van der Waals surface area contributed by atoms with Gasteiger partial charge in [0.1, 0.15) is 17.4 Å². The molecule has 0 saturated carbocycles. The van der Waals surface area contributed by atoms with Gasteiger partial charge in [0.15, 0.2) is 5.69 Å². The van der Waals surface area contributed by atoms with E-state index in [0.29, 0.717) is 17.4 Å². The number of pyridine rings is 2. The Hall–Kier alpha value is -3.73. The molecule has 1 aromatic carbocycles. The van der Waals surface area contributed by atoms with Gasteiger partial charge in [-0.25, -0.2) is 14.8 Å². The number of rotatable bonds is 9. The maximum absolute atomic E-state index is 11.9. The summed E-state index contributed by atoms with van der Waals surface area (Å²) in [6.45, 7) is 10.1. The third kappa shape index (κ3) is 6.13. The van der Waals surface area contributed by atoms with Crippen molar-refractivity contribution in [2.75, 3.05) is 13.7 Å². The zero-order valence-electron chi connectivity index (χ0n) is 22.8. The normalized spacial score (nSPS) is 11.7. The highest BCUT2D eigenvalue weighted by molar-refractivity contribution is 7.13. The van der Waals surface area contributed by atoms with Crippen LogP contribution in [0.4, 0.5) is 0 Å². The van der Waals surface area contributed by atoms with E-state index in [1.54, 1.807) is 11.6 Å². The van der Waals surface area contributed by atoms with Crippen molar-refractivity contribution in [3.8, 4) is 33.2 Å². The molecule has 10 heteroatoms. The van der Waals surface area contributed by atoms with Gasteiger partial charge >= 0.3 is 5.97 Å². The number of fused-ring (bicyclic) bond motifs is 1. The molecule has 0 atom stereocenters. The minimum atomic E-state index is -1.19. The molecule has 0 radical (unpaired) electrons. The maximum Gasteiger partial charge on any atom is 0.357 e. The number of esters is 1. The fourth-order valence-corrected chi connectivity index (χ4v) is 5.71. The van der Waals surface area contributed by atoms with Crippen molar-refractivity contribution in [2.45, 2.75) is 39.3 Å². The largest absolute Gasteiger partial charge is 0.464 e. The van der Waals surface area contributed by atoms with E-state index in [0.717, 1.165) is 57.5 Å². The molecule has 4 aromatic heterocycles. The Kier molecular flexibility index (Phi) is 7.69. The predicted octanol–water partition coefficient (Wildman–Crippen LogP) is 6.69. The molecule has 8 nitrogen and oxygen atoms in total. The van der Waals surface area contributed by atoms with Gasteiger partial charge in [0.05, 0.1) is 30.3 Å². The Morgan fingerprint density at radius 1 is 1.05 bits per heavy atom. The fourth-order valence-electron chi connectivity index (χ4n) is 4.19. The molecule has 0 aliphatic heterocycles. The number of ether oxygens (including phenoxy) is 2. The number of imidazole rings is 1. The van der Waals surface area contributed by atoms with Crippen molar-refractivity contribution < 1.29 is 14.3 Å². The Morgan fingerprint density at radius 3 is 2.64 bits per heavy atom. The summed E-state index contributed by atoms with van der Waals surface area (Å²) >= 11 is 1.39. The number of thiazole rings is 1. The third-order valence-electron chi connectivity index (χ3n) is 6.30. The average Bonchev–Trinajstić information content (AvgIpc) is 3.57. The fraction of sp³-hybridized carbons (Fsp3) is 0.276. The summed E-state index contributed by atoms with van der Waals surface area (Å²) in [6, 6.07) is 15.3. The van der Waals surface area contributed by atoms with E-state index in [4.69, 9.17) is 19.4 Å². The van der Waals surface area contributed by atoms with Crippen LogP contribution in [-0.2, 0) is 16.2 Å². The molecule has 5 aromatic rings. The Balaban J connectivity index is 1.54. The van der Waals surface area contributed by atoms with Crippen LogP contribution in [0.15, 0.2) is 60.4 Å². The van der Waals surface area contributed by atoms with Crippen LogP contribution in [0.2, 0.25) is 25.7 Å². The number of carbonyl (C=O) groups excluding carboxylic acids is 1. The molecular formula is C29H31N5O3SSi. The van der Waals surface area contributed by atoms with Gasteiger partial charge in [0.2, 0.25) is 0 Å². The van der Waals surface area contributed by atoms with Crippen molar-refractivity contribution in [1.29, 1.82) is 0 Å². The molecule has 200 valence electrons. The van der Waals surface area contributed by atoms with Crippen LogP contribution in [0.25, 0.3) is 44.1 Å². The first-order valence-corrected chi connectivity index (χ1v) is 17.3. The number of carbonyl (C=O) groups is 1. The summed E-state index contributed by atoms with van der Waals surface area (Å²) in [5.74, 6) is -0.453. The molecule has 0 saturated heterocycles. The van der Waals surface area contributed by atoms with E-state index < -0.39 is 14.0 Å². The van der Waals surface area contributed by atoms with Crippen LogP contribution in [0.3, 0.4) is 0 Å². The lowest BCUT2D eigenvalue weighted by atomic mass is 10.0. The summed E-state index contributed by atoms with van der Waals surface area (Å²) in [6.07, 6.45) is 3.60. The number of hydrogen-bond donors (Lipinski definition) is 0. The Bertz CT molecular complexity index is 1640. The second kappa shape index (κ2) is 11.2. The first-order chi connectivity index (χ1) is 18.7. The highest BCUT2D eigenvalue weighted by Gasteiger charge is 2.19. The number of aromatic nitrogens is 5. The SMILES string of the molecule is COC(=O)c1csc(-c2cnc3ccc(-c4c(-c5cccc(C)n5)ncn4COCC[Si](C)(C)C)cc3c2)n1. The molecule has 0 fully saturated rings. The number of nitrogens with zero attached hydrogens (tertiary/aromatic N) is 5. The van der Waals surface area contributed by atoms with E-state index in [1.165, 1.54) is 18.4 Å². The molecule has 0 unspecified atom stereocenters. The summed E-state index contributed by atoms with van der Waals surface area (Å²) in [5.41, 5.74) is 6.47. The highest BCUT2D eigenvalue weighted by atomic mass is 32.1. The summed E-state index contributed by atoms with van der Waals surface area (Å²) in [7, 11) is 0.156. The third-order valence-corrected chi connectivity index (χ3v) is 8.89. The van der Waals surface area contributed by atoms with E-state index in [9.17, 15) is 4.79 Å². The van der Waals surface area contributed by atoms with Crippen LogP contribution < -0.4 is 0 Å². The smallest absolute Gasteiger partial charge is 0.357 e. The number of aryl methyl sites for hydroxylation is 1. The summed E-state index contributed by atoms with van der Waals surface area (Å²) in [4.78, 5) is 30.5. The summed E-state index contributed by atoms with van der Waals surface area (Å²) in [5, 5.41) is 3.36. The first kappa shape index (κ1) is 26.9. The van der Waals surface area contributed by atoms with Crippen molar-refractivity contribution >= 4 is 36.3 Å². The van der Waals surface area contributed by atoms with Crippen molar-refractivity contribution in [3.63, 3.8) is 0 Å². The van der Waals surface area contributed by atoms with Gasteiger partial charge in [-0.2, -0.15) is 0 Å². The van der Waals surface area contributed by atoms with Gasteiger partial charge in [0, 0.05) is 48.5 Å². The lowest BCUT2D eigenvalue weighted by Gasteiger charge is -2.16. The van der Waals surface area contributed by atoms with E-state index in [-0.39, 0.29) is 0 Å². The Labute approximate surface area is 232 Å². The number of hydrogen-bond acceptors (Lipinski definition) is 8. The molecule has 0 aliphatic carbocycles. The average molecular weight is 558 g/mol. The quantitative estimate of drug-likeness (QED) is 0.113. The molecule has 5 rings (SSSR count). The van der Waals surface area contributed by atoms with Gasteiger partial charge in [-0.1, -0.05) is 31.8 Å². The molecule has 4 heterocycles. The molecule has 0 N–H and O–H groups in total. The second-order valence-corrected chi connectivity index (χ2v) is 17.1. The molecule has 0 spiro atoms. The Morgan fingerprint density at radius 2 is 1.87 bits per heavy atom. The molecule has 0 aliphatic rings.